The number of para-hydroxylation sites is 2. The fourth-order valence-electron chi connectivity index (χ4n) is 8.66. The van der Waals surface area contributed by atoms with Gasteiger partial charge in [0.1, 0.15) is 23.3 Å². The summed E-state index contributed by atoms with van der Waals surface area (Å²) in [6, 6.07) is 53.7. The molecule has 0 saturated heterocycles. The average molecular weight is 793 g/mol. The second-order valence-electron chi connectivity index (χ2n) is 14.9. The van der Waals surface area contributed by atoms with Gasteiger partial charge in [-0.05, 0) is 96.8 Å². The number of nitriles is 5. The van der Waals surface area contributed by atoms with Gasteiger partial charge in [0, 0.05) is 27.1 Å². The molecule has 0 atom stereocenters. The molecule has 0 fully saturated rings. The van der Waals surface area contributed by atoms with Crippen molar-refractivity contribution in [1.82, 2.24) is 24.1 Å². The Bertz CT molecular complexity index is 3560. The van der Waals surface area contributed by atoms with E-state index in [4.69, 9.17) is 9.97 Å². The summed E-state index contributed by atoms with van der Waals surface area (Å²) < 4.78 is 4.18. The van der Waals surface area contributed by atoms with E-state index in [2.05, 4.69) is 56.6 Å². The van der Waals surface area contributed by atoms with Crippen LogP contribution in [-0.4, -0.2) is 24.1 Å². The smallest absolute Gasteiger partial charge is 0.163 e. The summed E-state index contributed by atoms with van der Waals surface area (Å²) in [4.78, 5) is 14.1. The zero-order chi connectivity index (χ0) is 42.6. The number of aryl methyl sites for hydroxylation is 2. The van der Waals surface area contributed by atoms with Gasteiger partial charge in [-0.2, -0.15) is 26.3 Å². The second-order valence-corrected chi connectivity index (χ2v) is 14.9. The Balaban J connectivity index is 1.33. The SMILES string of the molecule is Cc1nc(C)nc(-c2cc(-n3c4ccccc4c4ccc(-c5ccc(C#N)cc5C#N)cc43)c(C#N)c(-n3c4ccccc4c4ccc(-c5ccc(C#N)cc5C#N)cc43)c2)n1. The lowest BCUT2D eigenvalue weighted by molar-refractivity contribution is 0.927. The minimum atomic E-state index is 0.377. The molecule has 0 bridgehead atoms. The van der Waals surface area contributed by atoms with Crippen molar-refractivity contribution in [3.05, 3.63) is 173 Å². The Labute approximate surface area is 354 Å². The molecule has 0 aliphatic heterocycles. The predicted octanol–water partition coefficient (Wildman–Crippen LogP) is 11.0. The van der Waals surface area contributed by atoms with E-state index in [-0.39, 0.29) is 0 Å². The van der Waals surface area contributed by atoms with Crippen molar-refractivity contribution in [2.75, 3.05) is 0 Å². The van der Waals surface area contributed by atoms with Crippen LogP contribution in [0.4, 0.5) is 0 Å². The lowest BCUT2D eigenvalue weighted by Crippen LogP contribution is -2.07. The number of benzene rings is 7. The highest BCUT2D eigenvalue weighted by atomic mass is 15.0. The predicted molar refractivity (Wildman–Crippen MR) is 238 cm³/mol. The maximum absolute atomic E-state index is 11.5. The van der Waals surface area contributed by atoms with E-state index in [0.29, 0.717) is 73.4 Å². The van der Waals surface area contributed by atoms with E-state index < -0.39 is 0 Å². The minimum absolute atomic E-state index is 0.377. The molecule has 0 aliphatic rings. The van der Waals surface area contributed by atoms with E-state index in [9.17, 15) is 26.3 Å². The Morgan fingerprint density at radius 1 is 0.403 bits per heavy atom. The zero-order valence-electron chi connectivity index (χ0n) is 33.2. The summed E-state index contributed by atoms with van der Waals surface area (Å²) in [5.74, 6) is 1.54. The molecular formula is C52H28N10. The van der Waals surface area contributed by atoms with Crippen molar-refractivity contribution in [3.63, 3.8) is 0 Å². The molecule has 0 radical (unpaired) electrons. The molecule has 0 saturated carbocycles. The molecule has 0 N–H and O–H groups in total. The summed E-state index contributed by atoms with van der Waals surface area (Å²) in [5, 5.41) is 54.8. The van der Waals surface area contributed by atoms with Crippen molar-refractivity contribution < 1.29 is 0 Å². The van der Waals surface area contributed by atoms with E-state index >= 15 is 0 Å². The van der Waals surface area contributed by atoms with Gasteiger partial charge in [-0.3, -0.25) is 0 Å². The van der Waals surface area contributed by atoms with Crippen molar-refractivity contribution in [2.24, 2.45) is 0 Å². The third-order valence-corrected chi connectivity index (χ3v) is 11.3. The van der Waals surface area contributed by atoms with Crippen molar-refractivity contribution in [3.8, 4) is 75.4 Å². The third-order valence-electron chi connectivity index (χ3n) is 11.3. The highest BCUT2D eigenvalue weighted by Gasteiger charge is 2.24. The second kappa shape index (κ2) is 14.5. The standard InChI is InChI=1S/C52H28N10/c1-30-58-31(2)60-52(59-30)36-23-50(61-46-9-5-3-7-41(46)43-17-13-34(21-48(43)61)39-15-11-32(25-53)19-37(39)27-55)45(29-57)51(24-36)62-47-10-6-4-8-42(47)44-18-14-35(22-49(44)62)40-16-12-33(26-54)20-38(40)28-56/h3-24H,1-2H3. The van der Waals surface area contributed by atoms with Gasteiger partial charge in [0.25, 0.3) is 0 Å². The fourth-order valence-corrected chi connectivity index (χ4v) is 8.66. The molecule has 3 heterocycles. The first-order valence-corrected chi connectivity index (χ1v) is 19.6. The molecule has 10 rings (SSSR count). The van der Waals surface area contributed by atoms with Crippen molar-refractivity contribution in [2.45, 2.75) is 13.8 Å². The molecular weight excluding hydrogens is 765 g/mol. The Kier molecular flexibility index (Phi) is 8.61. The van der Waals surface area contributed by atoms with Gasteiger partial charge in [-0.15, -0.1) is 0 Å². The molecule has 10 aromatic rings. The van der Waals surface area contributed by atoms with Crippen LogP contribution in [0.15, 0.2) is 133 Å². The largest absolute Gasteiger partial charge is 0.308 e. The molecule has 62 heavy (non-hydrogen) atoms. The zero-order valence-corrected chi connectivity index (χ0v) is 33.2. The van der Waals surface area contributed by atoms with Crippen LogP contribution in [0.2, 0.25) is 0 Å². The monoisotopic (exact) mass is 792 g/mol. The van der Waals surface area contributed by atoms with Crippen molar-refractivity contribution in [1.29, 1.82) is 26.3 Å². The van der Waals surface area contributed by atoms with Gasteiger partial charge in [0.05, 0.1) is 80.0 Å². The average Bonchev–Trinajstić information content (AvgIpc) is 3.82. The van der Waals surface area contributed by atoms with E-state index in [1.54, 1.807) is 36.4 Å². The molecule has 0 unspecified atom stereocenters. The van der Waals surface area contributed by atoms with Crippen LogP contribution in [0.3, 0.4) is 0 Å². The molecule has 0 spiro atoms. The first kappa shape index (κ1) is 36.9. The lowest BCUT2D eigenvalue weighted by atomic mass is 9.97. The van der Waals surface area contributed by atoms with Crippen LogP contribution < -0.4 is 0 Å². The van der Waals surface area contributed by atoms with Crippen LogP contribution in [-0.2, 0) is 0 Å². The van der Waals surface area contributed by atoms with Crippen LogP contribution in [0, 0.1) is 70.5 Å². The fraction of sp³-hybridized carbons (Fsp3) is 0.0385. The summed E-state index contributed by atoms with van der Waals surface area (Å²) in [6.07, 6.45) is 0. The van der Waals surface area contributed by atoms with Crippen LogP contribution >= 0.6 is 0 Å². The molecule has 7 aromatic carbocycles. The molecule has 3 aromatic heterocycles. The number of rotatable bonds is 5. The number of nitrogens with zero attached hydrogens (tertiary/aromatic N) is 10. The van der Waals surface area contributed by atoms with Gasteiger partial charge in [0.2, 0.25) is 0 Å². The van der Waals surface area contributed by atoms with Crippen LogP contribution in [0.5, 0.6) is 0 Å². The Morgan fingerprint density at radius 2 is 0.855 bits per heavy atom. The number of fused-ring (bicyclic) bond motifs is 6. The normalized spacial score (nSPS) is 11.0. The number of hydrogen-bond donors (Lipinski definition) is 0. The van der Waals surface area contributed by atoms with Crippen LogP contribution in [0.25, 0.3) is 88.6 Å². The van der Waals surface area contributed by atoms with E-state index in [1.165, 1.54) is 0 Å². The third kappa shape index (κ3) is 5.79. The van der Waals surface area contributed by atoms with E-state index in [0.717, 1.165) is 54.7 Å². The maximum atomic E-state index is 11.5. The molecule has 10 nitrogen and oxygen atoms in total. The number of aromatic nitrogens is 5. The maximum Gasteiger partial charge on any atom is 0.163 e. The quantitative estimate of drug-likeness (QED) is 0.166. The number of hydrogen-bond acceptors (Lipinski definition) is 8. The molecule has 10 heteroatoms. The topological polar surface area (TPSA) is 167 Å². The van der Waals surface area contributed by atoms with Crippen molar-refractivity contribution >= 4 is 43.6 Å². The molecule has 0 aliphatic carbocycles. The highest BCUT2D eigenvalue weighted by Crippen LogP contribution is 2.42. The highest BCUT2D eigenvalue weighted by molar-refractivity contribution is 6.12. The van der Waals surface area contributed by atoms with E-state index in [1.807, 2.05) is 98.8 Å². The van der Waals surface area contributed by atoms with Gasteiger partial charge in [0.15, 0.2) is 5.82 Å². The Morgan fingerprint density at radius 3 is 1.29 bits per heavy atom. The van der Waals surface area contributed by atoms with Gasteiger partial charge in [-0.25, -0.2) is 15.0 Å². The first-order chi connectivity index (χ1) is 30.3. The summed E-state index contributed by atoms with van der Waals surface area (Å²) in [7, 11) is 0. The van der Waals surface area contributed by atoms with Gasteiger partial charge >= 0.3 is 0 Å². The Hall–Kier alpha value is -9.40. The first-order valence-electron chi connectivity index (χ1n) is 19.6. The van der Waals surface area contributed by atoms with Crippen LogP contribution in [0.1, 0.15) is 39.5 Å². The summed E-state index contributed by atoms with van der Waals surface area (Å²) in [6.45, 7) is 3.65. The van der Waals surface area contributed by atoms with Gasteiger partial charge in [-0.1, -0.05) is 72.8 Å². The summed E-state index contributed by atoms with van der Waals surface area (Å²) in [5.41, 5.74) is 9.97. The molecule has 286 valence electrons. The van der Waals surface area contributed by atoms with Gasteiger partial charge < -0.3 is 9.13 Å². The molecule has 0 amide bonds. The lowest BCUT2D eigenvalue weighted by Gasteiger charge is -2.18. The minimum Gasteiger partial charge on any atom is -0.308 e. The summed E-state index contributed by atoms with van der Waals surface area (Å²) >= 11 is 0.